The topological polar surface area (TPSA) is 32.3 Å². The van der Waals surface area contributed by atoms with Gasteiger partial charge in [0.2, 0.25) is 0 Å². The SMILES string of the molecule is CC(Nc1ccc(C(=O)N(C)C)cc1)c1ccc(Br)s1. The summed E-state index contributed by atoms with van der Waals surface area (Å²) in [5, 5.41) is 3.43. The van der Waals surface area contributed by atoms with Crippen LogP contribution in [-0.4, -0.2) is 24.9 Å². The molecular weight excluding hydrogens is 336 g/mol. The normalized spacial score (nSPS) is 12.0. The zero-order valence-electron chi connectivity index (χ0n) is 11.7. The molecule has 20 heavy (non-hydrogen) atoms. The van der Waals surface area contributed by atoms with Gasteiger partial charge in [-0.05, 0) is 59.3 Å². The van der Waals surface area contributed by atoms with Gasteiger partial charge < -0.3 is 10.2 Å². The summed E-state index contributed by atoms with van der Waals surface area (Å²) in [4.78, 5) is 14.7. The Kier molecular flexibility index (Phi) is 4.83. The fourth-order valence-electron chi connectivity index (χ4n) is 1.85. The number of benzene rings is 1. The second kappa shape index (κ2) is 6.41. The molecular formula is C15H17BrN2OS. The van der Waals surface area contributed by atoms with Crippen molar-refractivity contribution < 1.29 is 4.79 Å². The van der Waals surface area contributed by atoms with Gasteiger partial charge in [-0.2, -0.15) is 0 Å². The van der Waals surface area contributed by atoms with Gasteiger partial charge in [-0.15, -0.1) is 11.3 Å². The van der Waals surface area contributed by atoms with Crippen molar-refractivity contribution in [3.8, 4) is 0 Å². The summed E-state index contributed by atoms with van der Waals surface area (Å²) >= 11 is 5.19. The van der Waals surface area contributed by atoms with Gasteiger partial charge in [-0.1, -0.05) is 0 Å². The zero-order chi connectivity index (χ0) is 14.7. The van der Waals surface area contributed by atoms with Crippen molar-refractivity contribution in [2.45, 2.75) is 13.0 Å². The van der Waals surface area contributed by atoms with Gasteiger partial charge in [0, 0.05) is 30.2 Å². The Morgan fingerprint density at radius 3 is 2.35 bits per heavy atom. The average molecular weight is 353 g/mol. The molecule has 3 nitrogen and oxygen atoms in total. The molecule has 1 amide bonds. The first-order valence-electron chi connectivity index (χ1n) is 6.31. The lowest BCUT2D eigenvalue weighted by atomic mass is 10.1. The number of rotatable bonds is 4. The third kappa shape index (κ3) is 3.61. The molecule has 0 saturated heterocycles. The highest BCUT2D eigenvalue weighted by atomic mass is 79.9. The predicted molar refractivity (Wildman–Crippen MR) is 88.5 cm³/mol. The number of nitrogens with zero attached hydrogens (tertiary/aromatic N) is 1. The molecule has 1 atom stereocenters. The van der Waals surface area contributed by atoms with Crippen molar-refractivity contribution in [3.63, 3.8) is 0 Å². The van der Waals surface area contributed by atoms with Crippen LogP contribution in [0, 0.1) is 0 Å². The number of carbonyl (C=O) groups excluding carboxylic acids is 1. The molecule has 0 spiro atoms. The number of anilines is 1. The molecule has 1 heterocycles. The molecule has 0 saturated carbocycles. The summed E-state index contributed by atoms with van der Waals surface area (Å²) in [5.41, 5.74) is 1.71. The maximum absolute atomic E-state index is 11.8. The molecule has 5 heteroatoms. The molecule has 1 unspecified atom stereocenters. The molecule has 0 radical (unpaired) electrons. The molecule has 0 aliphatic rings. The fourth-order valence-corrected chi connectivity index (χ4v) is 3.28. The lowest BCUT2D eigenvalue weighted by Gasteiger charge is -2.15. The van der Waals surface area contributed by atoms with E-state index in [2.05, 4.69) is 40.3 Å². The maximum atomic E-state index is 11.8. The van der Waals surface area contributed by atoms with Crippen molar-refractivity contribution in [2.24, 2.45) is 0 Å². The molecule has 0 fully saturated rings. The van der Waals surface area contributed by atoms with Crippen molar-refractivity contribution >= 4 is 38.9 Å². The molecule has 0 aliphatic heterocycles. The van der Waals surface area contributed by atoms with Gasteiger partial charge in [0.25, 0.3) is 5.91 Å². The van der Waals surface area contributed by atoms with Crippen molar-refractivity contribution in [1.82, 2.24) is 4.90 Å². The lowest BCUT2D eigenvalue weighted by molar-refractivity contribution is 0.0827. The minimum absolute atomic E-state index is 0.0202. The molecule has 1 aromatic heterocycles. The first-order chi connectivity index (χ1) is 9.47. The summed E-state index contributed by atoms with van der Waals surface area (Å²) in [7, 11) is 3.51. The first kappa shape index (κ1) is 15.1. The van der Waals surface area contributed by atoms with Gasteiger partial charge in [-0.25, -0.2) is 0 Å². The summed E-state index contributed by atoms with van der Waals surface area (Å²) < 4.78 is 1.13. The van der Waals surface area contributed by atoms with E-state index >= 15 is 0 Å². The molecule has 0 aliphatic carbocycles. The fraction of sp³-hybridized carbons (Fsp3) is 0.267. The molecule has 106 valence electrons. The number of nitrogens with one attached hydrogen (secondary N) is 1. The van der Waals surface area contributed by atoms with E-state index in [9.17, 15) is 4.79 Å². The number of carbonyl (C=O) groups is 1. The van der Waals surface area contributed by atoms with Gasteiger partial charge >= 0.3 is 0 Å². The monoisotopic (exact) mass is 352 g/mol. The quantitative estimate of drug-likeness (QED) is 0.884. The van der Waals surface area contributed by atoms with E-state index in [0.717, 1.165) is 9.47 Å². The second-order valence-corrected chi connectivity index (χ2v) is 7.28. The standard InChI is InChI=1S/C15H17BrN2OS/c1-10(13-8-9-14(16)20-13)17-12-6-4-11(5-7-12)15(19)18(2)3/h4-10,17H,1-3H3. The van der Waals surface area contributed by atoms with Crippen molar-refractivity contribution in [2.75, 3.05) is 19.4 Å². The van der Waals surface area contributed by atoms with E-state index < -0.39 is 0 Å². The number of halogens is 1. The molecule has 1 aromatic carbocycles. The summed E-state index contributed by atoms with van der Waals surface area (Å²) in [6, 6.07) is 12.0. The van der Waals surface area contributed by atoms with Crippen LogP contribution in [0.4, 0.5) is 5.69 Å². The predicted octanol–water partition coefficient (Wildman–Crippen LogP) is 4.39. The Bertz CT molecular complexity index is 592. The zero-order valence-corrected chi connectivity index (χ0v) is 14.1. The molecule has 2 rings (SSSR count). The second-order valence-electron chi connectivity index (χ2n) is 4.78. The average Bonchev–Trinajstić information content (AvgIpc) is 2.85. The maximum Gasteiger partial charge on any atom is 0.253 e. The van der Waals surface area contributed by atoms with Crippen LogP contribution >= 0.6 is 27.3 Å². The Morgan fingerprint density at radius 2 is 1.85 bits per heavy atom. The summed E-state index contributed by atoms with van der Waals surface area (Å²) in [6.07, 6.45) is 0. The van der Waals surface area contributed by atoms with Crippen LogP contribution in [-0.2, 0) is 0 Å². The van der Waals surface area contributed by atoms with Crippen LogP contribution in [0.25, 0.3) is 0 Å². The third-order valence-electron chi connectivity index (χ3n) is 2.94. The van der Waals surface area contributed by atoms with Crippen molar-refractivity contribution in [3.05, 3.63) is 50.6 Å². The van der Waals surface area contributed by atoms with Crippen LogP contribution in [0.1, 0.15) is 28.2 Å². The van der Waals surface area contributed by atoms with E-state index in [-0.39, 0.29) is 11.9 Å². The highest BCUT2D eigenvalue weighted by Gasteiger charge is 2.10. The molecule has 2 aromatic rings. The molecule has 1 N–H and O–H groups in total. The number of thiophene rings is 1. The number of hydrogen-bond donors (Lipinski definition) is 1. The highest BCUT2D eigenvalue weighted by molar-refractivity contribution is 9.11. The van der Waals surface area contributed by atoms with Gasteiger partial charge in [0.05, 0.1) is 9.83 Å². The summed E-state index contributed by atoms with van der Waals surface area (Å²) in [5.74, 6) is 0.0202. The van der Waals surface area contributed by atoms with Crippen LogP contribution in [0.5, 0.6) is 0 Å². The lowest BCUT2D eigenvalue weighted by Crippen LogP contribution is -2.21. The number of hydrogen-bond acceptors (Lipinski definition) is 3. The van der Waals surface area contributed by atoms with Crippen LogP contribution in [0.2, 0.25) is 0 Å². The third-order valence-corrected chi connectivity index (χ3v) is 4.75. The van der Waals surface area contributed by atoms with Crippen LogP contribution < -0.4 is 5.32 Å². The Labute approximate surface area is 131 Å². The Morgan fingerprint density at radius 1 is 1.20 bits per heavy atom. The van der Waals surface area contributed by atoms with Crippen LogP contribution in [0.3, 0.4) is 0 Å². The highest BCUT2D eigenvalue weighted by Crippen LogP contribution is 2.29. The largest absolute Gasteiger partial charge is 0.378 e. The summed E-state index contributed by atoms with van der Waals surface area (Å²) in [6.45, 7) is 2.12. The Hall–Kier alpha value is -1.33. The van der Waals surface area contributed by atoms with Crippen LogP contribution in [0.15, 0.2) is 40.2 Å². The minimum Gasteiger partial charge on any atom is -0.378 e. The van der Waals surface area contributed by atoms with E-state index in [1.807, 2.05) is 24.3 Å². The van der Waals surface area contributed by atoms with E-state index in [0.29, 0.717) is 5.56 Å². The van der Waals surface area contributed by atoms with Gasteiger partial charge in [-0.3, -0.25) is 4.79 Å². The molecule has 0 bridgehead atoms. The van der Waals surface area contributed by atoms with Gasteiger partial charge in [0.15, 0.2) is 0 Å². The van der Waals surface area contributed by atoms with Gasteiger partial charge in [0.1, 0.15) is 0 Å². The number of amides is 1. The first-order valence-corrected chi connectivity index (χ1v) is 7.92. The Balaban J connectivity index is 2.05. The van der Waals surface area contributed by atoms with Crippen molar-refractivity contribution in [1.29, 1.82) is 0 Å². The minimum atomic E-state index is 0.0202. The van der Waals surface area contributed by atoms with E-state index in [1.54, 1.807) is 30.3 Å². The smallest absolute Gasteiger partial charge is 0.253 e. The van der Waals surface area contributed by atoms with E-state index in [4.69, 9.17) is 0 Å². The van der Waals surface area contributed by atoms with E-state index in [1.165, 1.54) is 4.88 Å².